The van der Waals surface area contributed by atoms with Crippen molar-refractivity contribution in [2.75, 3.05) is 13.1 Å². The Hall–Kier alpha value is -2.82. The Morgan fingerprint density at radius 1 is 1.19 bits per heavy atom. The van der Waals surface area contributed by atoms with Crippen LogP contribution in [-0.2, 0) is 11.2 Å². The first-order valence-electron chi connectivity index (χ1n) is 9.19. The summed E-state index contributed by atoms with van der Waals surface area (Å²) in [4.78, 5) is 18.7. The van der Waals surface area contributed by atoms with E-state index in [1.165, 1.54) is 0 Å². The minimum Gasteiger partial charge on any atom is -0.461 e. The van der Waals surface area contributed by atoms with Crippen molar-refractivity contribution >= 4 is 5.91 Å². The molecule has 0 aliphatic carbocycles. The Balaban J connectivity index is 1.33. The predicted molar refractivity (Wildman–Crippen MR) is 99.5 cm³/mol. The average Bonchev–Trinajstić information content (AvgIpc) is 3.39. The van der Waals surface area contributed by atoms with Crippen LogP contribution in [0.3, 0.4) is 0 Å². The van der Waals surface area contributed by atoms with Crippen LogP contribution in [0, 0.1) is 0 Å². The topological polar surface area (TPSA) is 51.3 Å². The number of furan rings is 1. The van der Waals surface area contributed by atoms with E-state index in [-0.39, 0.29) is 5.91 Å². The molecule has 5 heteroatoms. The Morgan fingerprint density at radius 2 is 2.08 bits per heavy atom. The molecule has 1 fully saturated rings. The van der Waals surface area contributed by atoms with Gasteiger partial charge in [0, 0.05) is 43.9 Å². The molecule has 1 aromatic carbocycles. The van der Waals surface area contributed by atoms with Gasteiger partial charge in [-0.05, 0) is 25.0 Å². The maximum absolute atomic E-state index is 12.6. The second kappa shape index (κ2) is 7.60. The zero-order valence-corrected chi connectivity index (χ0v) is 14.8. The molecule has 4 rings (SSSR count). The Bertz CT molecular complexity index is 839. The van der Waals surface area contributed by atoms with Crippen LogP contribution in [-0.4, -0.2) is 33.4 Å². The fraction of sp³-hybridized carbons (Fsp3) is 0.333. The van der Waals surface area contributed by atoms with Gasteiger partial charge < -0.3 is 13.9 Å². The second-order valence-electron chi connectivity index (χ2n) is 6.78. The highest BCUT2D eigenvalue weighted by molar-refractivity contribution is 5.76. The smallest absolute Gasteiger partial charge is 0.223 e. The molecule has 1 amide bonds. The van der Waals surface area contributed by atoms with Crippen LogP contribution in [0.4, 0.5) is 0 Å². The maximum atomic E-state index is 12.6. The van der Waals surface area contributed by atoms with Crippen LogP contribution in [0.25, 0.3) is 11.3 Å². The first-order valence-corrected chi connectivity index (χ1v) is 9.19. The van der Waals surface area contributed by atoms with Gasteiger partial charge >= 0.3 is 0 Å². The molecule has 1 aliphatic rings. The van der Waals surface area contributed by atoms with Crippen molar-refractivity contribution in [2.24, 2.45) is 0 Å². The van der Waals surface area contributed by atoms with Crippen molar-refractivity contribution in [2.45, 2.75) is 31.7 Å². The minimum atomic E-state index is 0.201. The number of piperidine rings is 1. The Morgan fingerprint density at radius 3 is 2.88 bits per heavy atom. The van der Waals surface area contributed by atoms with Gasteiger partial charge in [0.15, 0.2) is 0 Å². The highest BCUT2D eigenvalue weighted by Crippen LogP contribution is 2.24. The van der Waals surface area contributed by atoms with E-state index < -0.39 is 0 Å². The first-order chi connectivity index (χ1) is 12.8. The number of nitrogens with zero attached hydrogens (tertiary/aromatic N) is 3. The van der Waals surface area contributed by atoms with Gasteiger partial charge in [0.2, 0.25) is 5.91 Å². The molecule has 2 aromatic heterocycles. The summed E-state index contributed by atoms with van der Waals surface area (Å²) < 4.78 is 8.01. The summed E-state index contributed by atoms with van der Waals surface area (Å²) in [5.74, 6) is 1.92. The van der Waals surface area contributed by atoms with E-state index in [0.717, 1.165) is 43.0 Å². The molecule has 0 unspecified atom stereocenters. The molecule has 0 bridgehead atoms. The lowest BCUT2D eigenvalue weighted by Gasteiger charge is -2.33. The second-order valence-corrected chi connectivity index (χ2v) is 6.78. The molecular formula is C21H23N3O2. The lowest BCUT2D eigenvalue weighted by Crippen LogP contribution is -2.40. The number of benzene rings is 1. The number of carbonyl (C=O) groups is 1. The molecule has 0 saturated carbocycles. The highest BCUT2D eigenvalue weighted by atomic mass is 16.3. The van der Waals surface area contributed by atoms with Gasteiger partial charge in [-0.1, -0.05) is 30.3 Å². The molecule has 134 valence electrons. The number of aryl methyl sites for hydroxylation is 1. The fourth-order valence-corrected chi connectivity index (χ4v) is 3.57. The third-order valence-electron chi connectivity index (χ3n) is 5.00. The number of aromatic nitrogens is 2. The largest absolute Gasteiger partial charge is 0.461 e. The van der Waals surface area contributed by atoms with Gasteiger partial charge in [-0.25, -0.2) is 4.98 Å². The molecule has 5 nitrogen and oxygen atoms in total. The SMILES string of the molecule is O=C(CCc1ccc(-c2ccccc2)o1)N1CCC[C@H](n2ccnc2)C1. The lowest BCUT2D eigenvalue weighted by molar-refractivity contribution is -0.132. The summed E-state index contributed by atoms with van der Waals surface area (Å²) in [5, 5.41) is 0. The van der Waals surface area contributed by atoms with E-state index in [9.17, 15) is 4.79 Å². The van der Waals surface area contributed by atoms with Crippen LogP contribution < -0.4 is 0 Å². The number of carbonyl (C=O) groups excluding carboxylic acids is 1. The van der Waals surface area contributed by atoms with E-state index in [0.29, 0.717) is 18.9 Å². The molecule has 26 heavy (non-hydrogen) atoms. The van der Waals surface area contributed by atoms with Gasteiger partial charge in [-0.3, -0.25) is 4.79 Å². The minimum absolute atomic E-state index is 0.201. The molecule has 1 atom stereocenters. The Labute approximate surface area is 153 Å². The number of rotatable bonds is 5. The van der Waals surface area contributed by atoms with Crippen molar-refractivity contribution in [3.05, 3.63) is 66.9 Å². The number of hydrogen-bond acceptors (Lipinski definition) is 3. The van der Waals surface area contributed by atoms with Crippen molar-refractivity contribution in [1.82, 2.24) is 14.5 Å². The molecule has 0 radical (unpaired) electrons. The summed E-state index contributed by atoms with van der Waals surface area (Å²) in [5.41, 5.74) is 1.06. The summed E-state index contributed by atoms with van der Waals surface area (Å²) in [6.07, 6.45) is 8.86. The summed E-state index contributed by atoms with van der Waals surface area (Å²) in [7, 11) is 0. The van der Waals surface area contributed by atoms with Crippen molar-refractivity contribution in [1.29, 1.82) is 0 Å². The zero-order valence-electron chi connectivity index (χ0n) is 14.8. The van der Waals surface area contributed by atoms with Crippen molar-refractivity contribution in [3.63, 3.8) is 0 Å². The van der Waals surface area contributed by atoms with Gasteiger partial charge in [0.05, 0.1) is 12.4 Å². The molecule has 1 aliphatic heterocycles. The quantitative estimate of drug-likeness (QED) is 0.701. The van der Waals surface area contributed by atoms with Gasteiger partial charge in [0.1, 0.15) is 11.5 Å². The number of imidazole rings is 1. The van der Waals surface area contributed by atoms with Crippen LogP contribution in [0.1, 0.15) is 31.1 Å². The normalized spacial score (nSPS) is 17.4. The van der Waals surface area contributed by atoms with Crippen LogP contribution in [0.5, 0.6) is 0 Å². The molecule has 3 heterocycles. The fourth-order valence-electron chi connectivity index (χ4n) is 3.57. The monoisotopic (exact) mass is 349 g/mol. The zero-order chi connectivity index (χ0) is 17.8. The summed E-state index contributed by atoms with van der Waals surface area (Å²) >= 11 is 0. The van der Waals surface area contributed by atoms with E-state index >= 15 is 0 Å². The third-order valence-corrected chi connectivity index (χ3v) is 5.00. The molecule has 3 aromatic rings. The summed E-state index contributed by atoms with van der Waals surface area (Å²) in [6, 6.07) is 14.3. The standard InChI is InChI=1S/C21H23N3O2/c25-21(23-13-4-7-18(15-23)24-14-12-22-16-24)11-9-19-8-10-20(26-19)17-5-2-1-3-6-17/h1-3,5-6,8,10,12,14,16,18H,4,7,9,11,13,15H2/t18-/m0/s1. The van der Waals surface area contributed by atoms with Crippen molar-refractivity contribution < 1.29 is 9.21 Å². The third kappa shape index (κ3) is 3.72. The summed E-state index contributed by atoms with van der Waals surface area (Å²) in [6.45, 7) is 1.61. The van der Waals surface area contributed by atoms with Crippen LogP contribution in [0.15, 0.2) is 65.6 Å². The van der Waals surface area contributed by atoms with Gasteiger partial charge in [-0.2, -0.15) is 0 Å². The highest BCUT2D eigenvalue weighted by Gasteiger charge is 2.24. The molecule has 0 N–H and O–H groups in total. The number of hydrogen-bond donors (Lipinski definition) is 0. The van der Waals surface area contributed by atoms with Gasteiger partial charge in [-0.15, -0.1) is 0 Å². The van der Waals surface area contributed by atoms with Gasteiger partial charge in [0.25, 0.3) is 0 Å². The van der Waals surface area contributed by atoms with E-state index in [4.69, 9.17) is 4.42 Å². The van der Waals surface area contributed by atoms with E-state index in [2.05, 4.69) is 9.55 Å². The first kappa shape index (κ1) is 16.6. The average molecular weight is 349 g/mol. The maximum Gasteiger partial charge on any atom is 0.223 e. The van der Waals surface area contributed by atoms with Crippen LogP contribution in [0.2, 0.25) is 0 Å². The van der Waals surface area contributed by atoms with E-state index in [1.807, 2.05) is 59.9 Å². The number of amides is 1. The predicted octanol–water partition coefficient (Wildman–Crippen LogP) is 3.94. The number of likely N-dealkylation sites (tertiary alicyclic amines) is 1. The van der Waals surface area contributed by atoms with Crippen molar-refractivity contribution in [3.8, 4) is 11.3 Å². The van der Waals surface area contributed by atoms with Crippen LogP contribution >= 0.6 is 0 Å². The molecule has 0 spiro atoms. The Kier molecular flexibility index (Phi) is 4.86. The van der Waals surface area contributed by atoms with E-state index in [1.54, 1.807) is 6.20 Å². The lowest BCUT2D eigenvalue weighted by atomic mass is 10.0. The molecule has 1 saturated heterocycles. The molecular weight excluding hydrogens is 326 g/mol.